The predicted molar refractivity (Wildman–Crippen MR) is 289 cm³/mol. The first kappa shape index (κ1) is 67.4. The van der Waals surface area contributed by atoms with Crippen LogP contribution in [-0.4, -0.2) is 66.5 Å². The number of rotatable bonds is 53. The summed E-state index contributed by atoms with van der Waals surface area (Å²) < 4.78 is 39.4. The Balaban J connectivity index is 4.73. The minimum absolute atomic E-state index is 0.165. The Bertz CT molecular complexity index is 1360. The zero-order valence-corrected chi connectivity index (χ0v) is 45.9. The van der Waals surface area contributed by atoms with Gasteiger partial charge in [0.1, 0.15) is 12.7 Å². The SMILES string of the molecule is CC/C=C\C/C=C\C/C=C\CCCCCC(=O)OCC(COP(=O)(O)OCC(CO)OC(=O)CCCCCCC/C=C\CCCCCC)OC(=O)CCCCCCCCCCCCCCCCCCC. The van der Waals surface area contributed by atoms with E-state index in [2.05, 4.69) is 69.4 Å². The number of unbranched alkanes of at least 4 members (excludes halogenated alkanes) is 28. The zero-order valence-electron chi connectivity index (χ0n) is 45.0. The molecule has 0 radical (unpaired) electrons. The molecule has 0 amide bonds. The highest BCUT2D eigenvalue weighted by molar-refractivity contribution is 7.47. The van der Waals surface area contributed by atoms with Gasteiger partial charge in [-0.25, -0.2) is 4.57 Å². The highest BCUT2D eigenvalue weighted by Gasteiger charge is 2.28. The molecule has 70 heavy (non-hydrogen) atoms. The van der Waals surface area contributed by atoms with E-state index in [4.69, 9.17) is 23.3 Å². The summed E-state index contributed by atoms with van der Waals surface area (Å²) in [7, 11) is -4.75. The van der Waals surface area contributed by atoms with Gasteiger partial charge in [0.15, 0.2) is 6.10 Å². The largest absolute Gasteiger partial charge is 0.472 e. The fraction of sp³-hybridized carbons (Fsp3) is 0.810. The van der Waals surface area contributed by atoms with E-state index in [0.717, 1.165) is 96.3 Å². The molecule has 3 unspecified atom stereocenters. The Kier molecular flexibility index (Phi) is 50.8. The molecule has 0 aliphatic heterocycles. The lowest BCUT2D eigenvalue weighted by molar-refractivity contribution is -0.161. The Morgan fingerprint density at radius 3 is 1.19 bits per heavy atom. The molecule has 0 heterocycles. The molecule has 0 aromatic rings. The van der Waals surface area contributed by atoms with Crippen molar-refractivity contribution < 1.29 is 52.2 Å². The van der Waals surface area contributed by atoms with Crippen LogP contribution in [0, 0.1) is 0 Å². The van der Waals surface area contributed by atoms with Crippen LogP contribution >= 0.6 is 7.82 Å². The average molecular weight is 1010 g/mol. The van der Waals surface area contributed by atoms with Crippen molar-refractivity contribution in [3.05, 3.63) is 48.6 Å². The zero-order chi connectivity index (χ0) is 51.3. The van der Waals surface area contributed by atoms with Crippen molar-refractivity contribution in [3.8, 4) is 0 Å². The molecule has 0 aliphatic carbocycles. The van der Waals surface area contributed by atoms with Crippen molar-refractivity contribution in [3.63, 3.8) is 0 Å². The maximum atomic E-state index is 12.9. The van der Waals surface area contributed by atoms with Crippen LogP contribution in [0.4, 0.5) is 0 Å². The lowest BCUT2D eigenvalue weighted by Crippen LogP contribution is -2.30. The third-order valence-corrected chi connectivity index (χ3v) is 13.2. The smallest absolute Gasteiger partial charge is 0.462 e. The van der Waals surface area contributed by atoms with Crippen molar-refractivity contribution >= 4 is 25.7 Å². The normalized spacial score (nSPS) is 13.7. The number of esters is 3. The van der Waals surface area contributed by atoms with Crippen LogP contribution in [0.5, 0.6) is 0 Å². The van der Waals surface area contributed by atoms with Crippen molar-refractivity contribution in [1.82, 2.24) is 0 Å². The average Bonchev–Trinajstić information content (AvgIpc) is 3.35. The molecule has 0 rings (SSSR count). The van der Waals surface area contributed by atoms with E-state index < -0.39 is 57.8 Å². The van der Waals surface area contributed by atoms with E-state index in [1.807, 2.05) is 0 Å². The molecule has 408 valence electrons. The number of hydrogen-bond donors (Lipinski definition) is 2. The lowest BCUT2D eigenvalue weighted by Gasteiger charge is -2.21. The summed E-state index contributed by atoms with van der Waals surface area (Å²) >= 11 is 0. The third-order valence-electron chi connectivity index (χ3n) is 12.2. The molecule has 0 spiro atoms. The van der Waals surface area contributed by atoms with Gasteiger partial charge in [0.25, 0.3) is 0 Å². The van der Waals surface area contributed by atoms with Crippen molar-refractivity contribution in [2.24, 2.45) is 0 Å². The summed E-state index contributed by atoms with van der Waals surface area (Å²) in [5.41, 5.74) is 0. The van der Waals surface area contributed by atoms with Crippen LogP contribution in [0.3, 0.4) is 0 Å². The minimum Gasteiger partial charge on any atom is -0.462 e. The minimum atomic E-state index is -4.75. The summed E-state index contributed by atoms with van der Waals surface area (Å²) in [4.78, 5) is 48.4. The lowest BCUT2D eigenvalue weighted by atomic mass is 10.0. The van der Waals surface area contributed by atoms with Gasteiger partial charge in [-0.2, -0.15) is 0 Å². The second-order valence-electron chi connectivity index (χ2n) is 19.1. The van der Waals surface area contributed by atoms with Crippen LogP contribution in [0.25, 0.3) is 0 Å². The maximum Gasteiger partial charge on any atom is 0.472 e. The second kappa shape index (κ2) is 52.8. The first-order valence-electron chi connectivity index (χ1n) is 28.5. The van der Waals surface area contributed by atoms with E-state index in [-0.39, 0.29) is 25.9 Å². The highest BCUT2D eigenvalue weighted by Crippen LogP contribution is 2.43. The van der Waals surface area contributed by atoms with Gasteiger partial charge in [-0.15, -0.1) is 0 Å². The number of hydrogen-bond acceptors (Lipinski definition) is 10. The molecule has 0 saturated heterocycles. The molecule has 0 bridgehead atoms. The highest BCUT2D eigenvalue weighted by atomic mass is 31.2. The van der Waals surface area contributed by atoms with Crippen molar-refractivity contribution in [1.29, 1.82) is 0 Å². The topological polar surface area (TPSA) is 155 Å². The molecule has 0 aromatic carbocycles. The quantitative estimate of drug-likeness (QED) is 0.0197. The van der Waals surface area contributed by atoms with Gasteiger partial charge in [-0.3, -0.25) is 23.4 Å². The molecule has 12 heteroatoms. The third kappa shape index (κ3) is 50.4. The monoisotopic (exact) mass is 1010 g/mol. The Morgan fingerprint density at radius 1 is 0.414 bits per heavy atom. The number of phosphoric ester groups is 1. The fourth-order valence-electron chi connectivity index (χ4n) is 7.90. The number of phosphoric acid groups is 1. The fourth-order valence-corrected chi connectivity index (χ4v) is 8.68. The van der Waals surface area contributed by atoms with Crippen LogP contribution < -0.4 is 0 Å². The van der Waals surface area contributed by atoms with Gasteiger partial charge in [-0.05, 0) is 77.0 Å². The van der Waals surface area contributed by atoms with Gasteiger partial charge in [0.2, 0.25) is 0 Å². The Morgan fingerprint density at radius 2 is 0.743 bits per heavy atom. The molecule has 0 aliphatic rings. The Labute approximate surface area is 428 Å². The number of aliphatic hydroxyl groups is 1. The first-order chi connectivity index (χ1) is 34.2. The summed E-state index contributed by atoms with van der Waals surface area (Å²) in [6, 6.07) is 0. The maximum absolute atomic E-state index is 12.9. The van der Waals surface area contributed by atoms with E-state index in [1.165, 1.54) is 109 Å². The first-order valence-corrected chi connectivity index (χ1v) is 30.0. The van der Waals surface area contributed by atoms with Crippen molar-refractivity contribution in [2.45, 2.75) is 277 Å². The molecule has 0 saturated carbocycles. The summed E-state index contributed by atoms with van der Waals surface area (Å²) in [6.45, 7) is 4.50. The number of carbonyl (C=O) groups is 3. The number of allylic oxidation sites excluding steroid dienone is 8. The number of carbonyl (C=O) groups excluding carboxylic acids is 3. The molecule has 0 fully saturated rings. The molecule has 2 N–H and O–H groups in total. The summed E-state index contributed by atoms with van der Waals surface area (Å²) in [5.74, 6) is -1.49. The van der Waals surface area contributed by atoms with Gasteiger partial charge in [0, 0.05) is 19.3 Å². The summed E-state index contributed by atoms with van der Waals surface area (Å²) in [6.07, 6.45) is 55.0. The standard InChI is InChI=1S/C58H105O11P/c1-4-7-10-13-16-19-22-25-26-27-28-31-34-37-40-43-46-49-58(62)69-55(51-65-56(60)47-44-41-38-35-32-29-23-20-17-14-11-8-5-2)53-67-70(63,64)66-52-54(50-59)68-57(61)48-45-42-39-36-33-30-24-21-18-15-12-9-6-3/h8,11,17,20-21,24,29,32,54-55,59H,4-7,9-10,12-16,18-19,22-23,25-28,30-31,33-53H2,1-3H3,(H,63,64)/b11-8-,20-17-,24-21-,32-29-. The molecule has 11 nitrogen and oxygen atoms in total. The molecule has 3 atom stereocenters. The van der Waals surface area contributed by atoms with Gasteiger partial charge >= 0.3 is 25.7 Å². The van der Waals surface area contributed by atoms with Gasteiger partial charge < -0.3 is 24.2 Å². The Hall–Kier alpha value is -2.56. The van der Waals surface area contributed by atoms with Gasteiger partial charge in [0.05, 0.1) is 19.8 Å². The number of aliphatic hydroxyl groups excluding tert-OH is 1. The van der Waals surface area contributed by atoms with Crippen molar-refractivity contribution in [2.75, 3.05) is 26.4 Å². The van der Waals surface area contributed by atoms with Crippen LogP contribution in [0.1, 0.15) is 265 Å². The second-order valence-corrected chi connectivity index (χ2v) is 20.5. The predicted octanol–water partition coefficient (Wildman–Crippen LogP) is 16.6. The molecular weight excluding hydrogens is 904 g/mol. The summed E-state index contributed by atoms with van der Waals surface area (Å²) in [5, 5.41) is 9.79. The molecule has 0 aromatic heterocycles. The van der Waals surface area contributed by atoms with Gasteiger partial charge in [-0.1, -0.05) is 217 Å². The van der Waals surface area contributed by atoms with E-state index in [1.54, 1.807) is 0 Å². The van der Waals surface area contributed by atoms with E-state index in [0.29, 0.717) is 19.3 Å². The van der Waals surface area contributed by atoms with Crippen LogP contribution in [0.2, 0.25) is 0 Å². The van der Waals surface area contributed by atoms with E-state index >= 15 is 0 Å². The van der Waals surface area contributed by atoms with E-state index in [9.17, 15) is 28.9 Å². The molecular formula is C58H105O11P. The van der Waals surface area contributed by atoms with Crippen LogP contribution in [0.15, 0.2) is 48.6 Å². The number of ether oxygens (including phenoxy) is 3. The van der Waals surface area contributed by atoms with Crippen LogP contribution in [-0.2, 0) is 42.2 Å².